The highest BCUT2D eigenvalue weighted by molar-refractivity contribution is 5.89. The van der Waals surface area contributed by atoms with Gasteiger partial charge in [0.1, 0.15) is 31.0 Å². The normalized spacial score (nSPS) is 12.0. The molecule has 0 unspecified atom stereocenters. The third-order valence-electron chi connectivity index (χ3n) is 3.80. The zero-order valence-electron chi connectivity index (χ0n) is 16.2. The van der Waals surface area contributed by atoms with Crippen molar-refractivity contribution < 1.29 is 54.9 Å². The number of hydrogen-bond acceptors (Lipinski definition) is 6. The van der Waals surface area contributed by atoms with Crippen molar-refractivity contribution >= 4 is 17.9 Å². The van der Waals surface area contributed by atoms with E-state index in [1.165, 1.54) is 13.8 Å². The minimum Gasteiger partial charge on any atom is -0.461 e. The van der Waals surface area contributed by atoms with Crippen molar-refractivity contribution in [3.8, 4) is 0 Å². The average Bonchev–Trinajstić information content (AvgIpc) is 2.64. The van der Waals surface area contributed by atoms with E-state index >= 15 is 0 Å². The summed E-state index contributed by atoms with van der Waals surface area (Å²) in [6.07, 6.45) is -10.3. The van der Waals surface area contributed by atoms with Crippen LogP contribution in [0.15, 0.2) is 36.5 Å². The van der Waals surface area contributed by atoms with Gasteiger partial charge in [-0.25, -0.2) is 14.4 Å². The fourth-order valence-electron chi connectivity index (χ4n) is 1.62. The van der Waals surface area contributed by atoms with Crippen LogP contribution in [0.4, 0.5) is 26.3 Å². The van der Waals surface area contributed by atoms with Gasteiger partial charge in [0, 0.05) is 5.57 Å². The van der Waals surface area contributed by atoms with E-state index in [2.05, 4.69) is 29.2 Å². The molecule has 0 rings (SSSR count). The van der Waals surface area contributed by atoms with E-state index in [4.69, 9.17) is 4.74 Å². The molecule has 0 saturated carbocycles. The second-order valence-electron chi connectivity index (χ2n) is 6.31. The third-order valence-corrected chi connectivity index (χ3v) is 3.80. The third kappa shape index (κ3) is 8.29. The number of alkyl halides is 6. The molecule has 0 spiro atoms. The van der Waals surface area contributed by atoms with Crippen molar-refractivity contribution in [3.63, 3.8) is 0 Å². The number of hydrogen-bond donors (Lipinski definition) is 0. The SMILES string of the molecule is C=C(C)C(=O)OCC(CC)(COC(=O)C(=C)C(F)(F)F)COC(=O)C(=C)C(F)(F)F. The van der Waals surface area contributed by atoms with Crippen LogP contribution in [0.2, 0.25) is 0 Å². The Morgan fingerprint density at radius 1 is 0.700 bits per heavy atom. The largest absolute Gasteiger partial charge is 0.461 e. The summed E-state index contributed by atoms with van der Waals surface area (Å²) in [5.74, 6) is -4.62. The lowest BCUT2D eigenvalue weighted by Gasteiger charge is -2.31. The molecule has 0 radical (unpaired) electrons. The van der Waals surface area contributed by atoms with E-state index < -0.39 is 66.6 Å². The first-order chi connectivity index (χ1) is 13.5. The maximum Gasteiger partial charge on any atom is 0.422 e. The smallest absolute Gasteiger partial charge is 0.422 e. The molecular weight excluding hydrogens is 426 g/mol. The summed E-state index contributed by atoms with van der Waals surface area (Å²) >= 11 is 0. The Labute approximate surface area is 168 Å². The van der Waals surface area contributed by atoms with Gasteiger partial charge < -0.3 is 14.2 Å². The van der Waals surface area contributed by atoms with Crippen molar-refractivity contribution in [3.05, 3.63) is 36.5 Å². The predicted molar refractivity (Wildman–Crippen MR) is 90.8 cm³/mol. The van der Waals surface area contributed by atoms with Crippen molar-refractivity contribution in [2.24, 2.45) is 5.41 Å². The molecule has 0 aliphatic carbocycles. The molecule has 0 aliphatic heterocycles. The molecule has 0 saturated heterocycles. The molecule has 0 aliphatic rings. The monoisotopic (exact) mass is 446 g/mol. The zero-order chi connectivity index (χ0) is 23.9. The van der Waals surface area contributed by atoms with Gasteiger partial charge in [0.2, 0.25) is 0 Å². The molecule has 0 heterocycles. The first kappa shape index (κ1) is 27.2. The summed E-state index contributed by atoms with van der Waals surface area (Å²) in [4.78, 5) is 34.7. The van der Waals surface area contributed by atoms with Gasteiger partial charge in [-0.2, -0.15) is 26.3 Å². The van der Waals surface area contributed by atoms with Crippen LogP contribution in [0.25, 0.3) is 0 Å². The molecule has 0 atom stereocenters. The van der Waals surface area contributed by atoms with Gasteiger partial charge in [-0.15, -0.1) is 0 Å². The molecule has 0 amide bonds. The maximum atomic E-state index is 12.5. The number of rotatable bonds is 10. The molecule has 170 valence electrons. The summed E-state index contributed by atoms with van der Waals surface area (Å²) < 4.78 is 89.1. The van der Waals surface area contributed by atoms with Crippen LogP contribution in [0, 0.1) is 5.41 Å². The first-order valence-corrected chi connectivity index (χ1v) is 8.16. The van der Waals surface area contributed by atoms with Gasteiger partial charge in [-0.05, 0) is 13.3 Å². The second-order valence-corrected chi connectivity index (χ2v) is 6.31. The molecule has 0 N–H and O–H groups in total. The Morgan fingerprint density at radius 2 is 1.00 bits per heavy atom. The summed E-state index contributed by atoms with van der Waals surface area (Å²) in [6, 6.07) is 0. The maximum absolute atomic E-state index is 12.5. The van der Waals surface area contributed by atoms with Crippen LogP contribution < -0.4 is 0 Å². The Morgan fingerprint density at radius 3 is 1.23 bits per heavy atom. The fraction of sp³-hybridized carbons (Fsp3) is 0.500. The van der Waals surface area contributed by atoms with Gasteiger partial charge in [0.05, 0.1) is 5.41 Å². The van der Waals surface area contributed by atoms with Crippen LogP contribution in [-0.4, -0.2) is 50.1 Å². The molecule has 6 nitrogen and oxygen atoms in total. The Balaban J connectivity index is 5.46. The summed E-state index contributed by atoms with van der Waals surface area (Å²) in [5.41, 5.74) is -5.35. The van der Waals surface area contributed by atoms with Gasteiger partial charge in [-0.1, -0.05) is 26.7 Å². The highest BCUT2D eigenvalue weighted by atomic mass is 19.4. The van der Waals surface area contributed by atoms with Crippen LogP contribution in [-0.2, 0) is 28.6 Å². The second kappa shape index (κ2) is 10.3. The molecule has 30 heavy (non-hydrogen) atoms. The van der Waals surface area contributed by atoms with Gasteiger partial charge >= 0.3 is 30.3 Å². The fourth-order valence-corrected chi connectivity index (χ4v) is 1.62. The predicted octanol–water partition coefficient (Wildman–Crippen LogP) is 3.83. The van der Waals surface area contributed by atoms with Gasteiger partial charge in [0.15, 0.2) is 0 Å². The lowest BCUT2D eigenvalue weighted by molar-refractivity contribution is -0.164. The van der Waals surface area contributed by atoms with Crippen LogP contribution in [0.5, 0.6) is 0 Å². The van der Waals surface area contributed by atoms with E-state index in [0.29, 0.717) is 0 Å². The number of ether oxygens (including phenoxy) is 3. The van der Waals surface area contributed by atoms with Crippen molar-refractivity contribution in [1.82, 2.24) is 0 Å². The average molecular weight is 446 g/mol. The Hall–Kier alpha value is -2.79. The quantitative estimate of drug-likeness (QED) is 0.220. The van der Waals surface area contributed by atoms with Gasteiger partial charge in [-0.3, -0.25) is 0 Å². The highest BCUT2D eigenvalue weighted by Crippen LogP contribution is 2.30. The summed E-state index contributed by atoms with van der Waals surface area (Å²) in [7, 11) is 0. The van der Waals surface area contributed by atoms with Crippen LogP contribution >= 0.6 is 0 Å². The standard InChI is InChI=1S/C18H20F6O6/c1-6-16(7-28-13(25)10(2)3,8-29-14(26)11(4)17(19,20)21)9-30-15(27)12(5)18(22,23)24/h2,4-9H2,1,3H3. The molecule has 0 aromatic heterocycles. The first-order valence-electron chi connectivity index (χ1n) is 8.16. The Kier molecular flexibility index (Phi) is 9.34. The lowest BCUT2D eigenvalue weighted by Crippen LogP contribution is -2.40. The van der Waals surface area contributed by atoms with Crippen LogP contribution in [0.1, 0.15) is 20.3 Å². The van der Waals surface area contributed by atoms with E-state index in [9.17, 15) is 40.7 Å². The molecule has 0 aromatic carbocycles. The number of carbonyl (C=O) groups is 3. The van der Waals surface area contributed by atoms with Crippen LogP contribution in [0.3, 0.4) is 0 Å². The number of esters is 3. The molecule has 12 heteroatoms. The minimum absolute atomic E-state index is 0.0510. The molecule has 0 aromatic rings. The van der Waals surface area contributed by atoms with Crippen molar-refractivity contribution in [2.45, 2.75) is 32.6 Å². The number of carbonyl (C=O) groups excluding carboxylic acids is 3. The molecule has 0 fully saturated rings. The summed E-state index contributed by atoms with van der Waals surface area (Å²) in [5, 5.41) is 0. The highest BCUT2D eigenvalue weighted by Gasteiger charge is 2.42. The van der Waals surface area contributed by atoms with E-state index in [1.807, 2.05) is 0 Å². The summed E-state index contributed by atoms with van der Waals surface area (Å²) in [6.45, 7) is 8.68. The van der Waals surface area contributed by atoms with E-state index in [1.54, 1.807) is 0 Å². The Bertz CT molecular complexity index is 678. The molecular formula is C18H20F6O6. The van der Waals surface area contributed by atoms with E-state index in [-0.39, 0.29) is 12.0 Å². The topological polar surface area (TPSA) is 78.9 Å². The van der Waals surface area contributed by atoms with E-state index in [0.717, 1.165) is 0 Å². The number of halogens is 6. The van der Waals surface area contributed by atoms with Crippen molar-refractivity contribution in [1.29, 1.82) is 0 Å². The van der Waals surface area contributed by atoms with Crippen molar-refractivity contribution in [2.75, 3.05) is 19.8 Å². The minimum atomic E-state index is -5.07. The molecule has 0 bridgehead atoms. The zero-order valence-corrected chi connectivity index (χ0v) is 16.2. The van der Waals surface area contributed by atoms with Gasteiger partial charge in [0.25, 0.3) is 0 Å². The lowest BCUT2D eigenvalue weighted by atomic mass is 9.88.